The number of para-hydroxylation sites is 1. The molecule has 2 amide bonds. The number of nitrogens with one attached hydrogen (secondary N) is 1. The van der Waals surface area contributed by atoms with Gasteiger partial charge < -0.3 is 19.7 Å². The van der Waals surface area contributed by atoms with Crippen LogP contribution in [0.3, 0.4) is 0 Å². The Morgan fingerprint density at radius 1 is 1.30 bits per heavy atom. The van der Waals surface area contributed by atoms with Crippen molar-refractivity contribution in [2.45, 2.75) is 26.4 Å². The van der Waals surface area contributed by atoms with Gasteiger partial charge in [0.25, 0.3) is 11.8 Å². The SMILES string of the molecule is CCCN1C(=O)C(C)Oc2ccc(NC(=O)COc3ccccc3Cl)cc21. The first-order chi connectivity index (χ1) is 13.0. The summed E-state index contributed by atoms with van der Waals surface area (Å²) in [5, 5.41) is 3.21. The highest BCUT2D eigenvalue weighted by atomic mass is 35.5. The van der Waals surface area contributed by atoms with E-state index in [0.29, 0.717) is 34.4 Å². The Morgan fingerprint density at radius 3 is 2.81 bits per heavy atom. The molecular formula is C20H21ClN2O4. The van der Waals surface area contributed by atoms with Gasteiger partial charge in [-0.1, -0.05) is 30.7 Å². The molecule has 142 valence electrons. The van der Waals surface area contributed by atoms with Crippen molar-refractivity contribution in [3.05, 3.63) is 47.5 Å². The van der Waals surface area contributed by atoms with Gasteiger partial charge in [-0.15, -0.1) is 0 Å². The van der Waals surface area contributed by atoms with E-state index < -0.39 is 6.10 Å². The molecule has 1 N–H and O–H groups in total. The number of carbonyl (C=O) groups excluding carboxylic acids is 2. The molecule has 0 saturated carbocycles. The van der Waals surface area contributed by atoms with Crippen LogP contribution in [0.15, 0.2) is 42.5 Å². The van der Waals surface area contributed by atoms with Crippen LogP contribution in [0.4, 0.5) is 11.4 Å². The molecular weight excluding hydrogens is 368 g/mol. The molecule has 1 aliphatic heterocycles. The Balaban J connectivity index is 1.70. The third kappa shape index (κ3) is 4.34. The molecule has 0 spiro atoms. The van der Waals surface area contributed by atoms with Crippen molar-refractivity contribution in [2.24, 2.45) is 0 Å². The highest BCUT2D eigenvalue weighted by Crippen LogP contribution is 2.36. The van der Waals surface area contributed by atoms with Crippen LogP contribution in [0.25, 0.3) is 0 Å². The highest BCUT2D eigenvalue weighted by Gasteiger charge is 2.31. The number of hydrogen-bond acceptors (Lipinski definition) is 4. The predicted molar refractivity (Wildman–Crippen MR) is 105 cm³/mol. The Morgan fingerprint density at radius 2 is 2.07 bits per heavy atom. The summed E-state index contributed by atoms with van der Waals surface area (Å²) in [7, 11) is 0. The van der Waals surface area contributed by atoms with Gasteiger partial charge in [0, 0.05) is 12.2 Å². The fourth-order valence-corrected chi connectivity index (χ4v) is 3.03. The molecule has 1 aliphatic rings. The van der Waals surface area contributed by atoms with Crippen LogP contribution in [0.2, 0.25) is 5.02 Å². The third-order valence-corrected chi connectivity index (χ3v) is 4.41. The maximum atomic E-state index is 12.4. The van der Waals surface area contributed by atoms with E-state index >= 15 is 0 Å². The van der Waals surface area contributed by atoms with E-state index in [1.165, 1.54) is 0 Å². The van der Waals surface area contributed by atoms with Crippen LogP contribution in [0, 0.1) is 0 Å². The number of carbonyl (C=O) groups is 2. The minimum atomic E-state index is -0.520. The topological polar surface area (TPSA) is 67.9 Å². The van der Waals surface area contributed by atoms with Crippen molar-refractivity contribution < 1.29 is 19.1 Å². The first kappa shape index (κ1) is 19.0. The molecule has 1 heterocycles. The van der Waals surface area contributed by atoms with Gasteiger partial charge >= 0.3 is 0 Å². The molecule has 1 unspecified atom stereocenters. The number of rotatable bonds is 6. The minimum absolute atomic E-state index is 0.0881. The number of hydrogen-bond donors (Lipinski definition) is 1. The summed E-state index contributed by atoms with van der Waals surface area (Å²) in [5.41, 5.74) is 1.22. The molecule has 0 bridgehead atoms. The second-order valence-electron chi connectivity index (χ2n) is 6.20. The number of ether oxygens (including phenoxy) is 2. The summed E-state index contributed by atoms with van der Waals surface area (Å²) in [6.45, 7) is 4.15. The first-order valence-corrected chi connectivity index (χ1v) is 9.16. The van der Waals surface area contributed by atoms with Crippen molar-refractivity contribution in [2.75, 3.05) is 23.4 Å². The normalized spacial score (nSPS) is 15.7. The molecule has 6 nitrogen and oxygen atoms in total. The van der Waals surface area contributed by atoms with Gasteiger partial charge in [0.1, 0.15) is 11.5 Å². The van der Waals surface area contributed by atoms with E-state index in [2.05, 4.69) is 5.32 Å². The standard InChI is InChI=1S/C20H21ClN2O4/c1-3-10-23-16-11-14(8-9-18(16)27-13(2)20(23)25)22-19(24)12-26-17-7-5-4-6-15(17)21/h4-9,11,13H,3,10,12H2,1-2H3,(H,22,24). The van der Waals surface area contributed by atoms with Gasteiger partial charge in [-0.05, 0) is 43.7 Å². The Kier molecular flexibility index (Phi) is 5.86. The lowest BCUT2D eigenvalue weighted by Crippen LogP contribution is -2.44. The summed E-state index contributed by atoms with van der Waals surface area (Å²) < 4.78 is 11.1. The lowest BCUT2D eigenvalue weighted by molar-refractivity contribution is -0.125. The summed E-state index contributed by atoms with van der Waals surface area (Å²) in [6, 6.07) is 12.2. The van der Waals surface area contributed by atoms with E-state index in [1.54, 1.807) is 54.3 Å². The highest BCUT2D eigenvalue weighted by molar-refractivity contribution is 6.32. The average Bonchev–Trinajstić information content (AvgIpc) is 2.65. The molecule has 0 fully saturated rings. The van der Waals surface area contributed by atoms with Gasteiger partial charge in [0.05, 0.1) is 10.7 Å². The molecule has 0 aromatic heterocycles. The van der Waals surface area contributed by atoms with E-state index in [-0.39, 0.29) is 18.4 Å². The number of benzene rings is 2. The summed E-state index contributed by atoms with van der Waals surface area (Å²) >= 11 is 6.01. The number of anilines is 2. The van der Waals surface area contributed by atoms with Gasteiger partial charge in [-0.2, -0.15) is 0 Å². The zero-order chi connectivity index (χ0) is 19.4. The zero-order valence-electron chi connectivity index (χ0n) is 15.2. The number of halogens is 1. The smallest absolute Gasteiger partial charge is 0.267 e. The molecule has 0 saturated heterocycles. The number of nitrogens with zero attached hydrogens (tertiary/aromatic N) is 1. The molecule has 0 aliphatic carbocycles. The van der Waals surface area contributed by atoms with Crippen molar-refractivity contribution in [1.82, 2.24) is 0 Å². The van der Waals surface area contributed by atoms with Crippen LogP contribution in [0.1, 0.15) is 20.3 Å². The van der Waals surface area contributed by atoms with Crippen LogP contribution in [-0.2, 0) is 9.59 Å². The Labute approximate surface area is 163 Å². The lowest BCUT2D eigenvalue weighted by Gasteiger charge is -2.33. The van der Waals surface area contributed by atoms with Gasteiger partial charge in [-0.25, -0.2) is 0 Å². The fraction of sp³-hybridized carbons (Fsp3) is 0.300. The zero-order valence-corrected chi connectivity index (χ0v) is 16.0. The van der Waals surface area contributed by atoms with Crippen LogP contribution in [0.5, 0.6) is 11.5 Å². The molecule has 27 heavy (non-hydrogen) atoms. The van der Waals surface area contributed by atoms with Crippen molar-refractivity contribution >= 4 is 34.8 Å². The van der Waals surface area contributed by atoms with Crippen molar-refractivity contribution in [1.29, 1.82) is 0 Å². The largest absolute Gasteiger partial charge is 0.482 e. The van der Waals surface area contributed by atoms with Crippen molar-refractivity contribution in [3.63, 3.8) is 0 Å². The maximum absolute atomic E-state index is 12.4. The molecule has 2 aromatic rings. The van der Waals surface area contributed by atoms with Crippen molar-refractivity contribution in [3.8, 4) is 11.5 Å². The van der Waals surface area contributed by atoms with Gasteiger partial charge in [-0.3, -0.25) is 9.59 Å². The first-order valence-electron chi connectivity index (χ1n) is 8.79. The quantitative estimate of drug-likeness (QED) is 0.815. The lowest BCUT2D eigenvalue weighted by atomic mass is 10.1. The van der Waals surface area contributed by atoms with Crippen LogP contribution >= 0.6 is 11.6 Å². The van der Waals surface area contributed by atoms with Crippen LogP contribution in [-0.4, -0.2) is 31.1 Å². The van der Waals surface area contributed by atoms with Gasteiger partial charge in [0.2, 0.25) is 0 Å². The Bertz CT molecular complexity index is 856. The minimum Gasteiger partial charge on any atom is -0.482 e. The van der Waals surface area contributed by atoms with E-state index in [0.717, 1.165) is 6.42 Å². The fourth-order valence-electron chi connectivity index (χ4n) is 2.84. The number of fused-ring (bicyclic) bond motifs is 1. The van der Waals surface area contributed by atoms with E-state index in [1.807, 2.05) is 6.92 Å². The summed E-state index contributed by atoms with van der Waals surface area (Å²) in [6.07, 6.45) is 0.300. The molecule has 1 atom stereocenters. The third-order valence-electron chi connectivity index (χ3n) is 4.09. The van der Waals surface area contributed by atoms with Gasteiger partial charge in [0.15, 0.2) is 12.7 Å². The number of amides is 2. The predicted octanol–water partition coefficient (Wildman–Crippen LogP) is 3.88. The van der Waals surface area contributed by atoms with Crippen LogP contribution < -0.4 is 19.7 Å². The molecule has 2 aromatic carbocycles. The van der Waals surface area contributed by atoms with E-state index in [4.69, 9.17) is 21.1 Å². The average molecular weight is 389 g/mol. The summed E-state index contributed by atoms with van der Waals surface area (Å²) in [5.74, 6) is 0.658. The molecule has 0 radical (unpaired) electrons. The second kappa shape index (κ2) is 8.31. The molecule has 7 heteroatoms. The van der Waals surface area contributed by atoms with E-state index in [9.17, 15) is 9.59 Å². The summed E-state index contributed by atoms with van der Waals surface area (Å²) in [4.78, 5) is 26.3. The monoisotopic (exact) mass is 388 g/mol. The maximum Gasteiger partial charge on any atom is 0.267 e. The Hall–Kier alpha value is -2.73. The second-order valence-corrected chi connectivity index (χ2v) is 6.61. The molecule has 3 rings (SSSR count).